The number of hydrogen-bond donors (Lipinski definition) is 7. The molecule has 3 rings (SSSR count). The summed E-state index contributed by atoms with van der Waals surface area (Å²) in [6, 6.07) is 8.80. The molecule has 0 radical (unpaired) electrons. The monoisotopic (exact) mass is 444 g/mol. The molecule has 5 atom stereocenters. The van der Waals surface area contributed by atoms with Crippen molar-refractivity contribution in [2.75, 3.05) is 6.61 Å². The number of allylic oxidation sites excluding steroid dienone is 1. The summed E-state index contributed by atoms with van der Waals surface area (Å²) in [6.45, 7) is -0.590. The molecule has 0 bridgehead atoms. The third-order valence-corrected chi connectivity index (χ3v) is 4.81. The van der Waals surface area contributed by atoms with Gasteiger partial charge in [-0.25, -0.2) is 0 Å². The summed E-state index contributed by atoms with van der Waals surface area (Å²) in [6.07, 6.45) is -3.30. The molecule has 2 aromatic carbocycles. The maximum Gasteiger partial charge on any atom is 0.229 e. The van der Waals surface area contributed by atoms with Gasteiger partial charge in [-0.1, -0.05) is 30.1 Å². The van der Waals surface area contributed by atoms with E-state index >= 15 is 0 Å². The Labute approximate surface area is 184 Å². The predicted molar refractivity (Wildman–Crippen MR) is 113 cm³/mol. The highest BCUT2D eigenvalue weighted by molar-refractivity contribution is 5.55. The lowest BCUT2D eigenvalue weighted by molar-refractivity contribution is -0.277. The van der Waals surface area contributed by atoms with Crippen LogP contribution in [0.25, 0.3) is 6.08 Å². The third kappa shape index (κ3) is 5.50. The summed E-state index contributed by atoms with van der Waals surface area (Å²) < 4.78 is 10.7. The Balaban J connectivity index is 1.61. The van der Waals surface area contributed by atoms with E-state index in [0.29, 0.717) is 17.5 Å². The van der Waals surface area contributed by atoms with Crippen molar-refractivity contribution in [3.8, 4) is 34.8 Å². The Morgan fingerprint density at radius 3 is 2.38 bits per heavy atom. The molecule has 0 unspecified atom stereocenters. The van der Waals surface area contributed by atoms with Crippen LogP contribution in [0.1, 0.15) is 17.5 Å². The molecule has 1 fully saturated rings. The molecule has 2 aromatic rings. The van der Waals surface area contributed by atoms with E-state index in [1.807, 2.05) is 0 Å². The number of phenols is 3. The van der Waals surface area contributed by atoms with Gasteiger partial charge in [0.05, 0.1) is 6.61 Å². The van der Waals surface area contributed by atoms with Crippen molar-refractivity contribution in [2.24, 2.45) is 0 Å². The van der Waals surface area contributed by atoms with E-state index in [1.165, 1.54) is 24.3 Å². The standard InChI is InChI=1S/C23H24O9/c24-12-19-20(28)21(29)22(30)23(32-19)31-18-9-7-14(11-17(18)27)5-3-1-2-4-13-6-8-15(25)16(26)10-13/h2,4,6-11,19-30H,1,12H2/t19-,20-,21+,22-,23-/m1/s1. The van der Waals surface area contributed by atoms with Crippen molar-refractivity contribution in [2.45, 2.75) is 37.1 Å². The number of aromatic hydroxyl groups is 3. The number of phenolic OH excluding ortho intramolecular Hbond substituents is 3. The van der Waals surface area contributed by atoms with Gasteiger partial charge in [-0.2, -0.15) is 0 Å². The van der Waals surface area contributed by atoms with E-state index in [4.69, 9.17) is 9.47 Å². The molecule has 32 heavy (non-hydrogen) atoms. The summed E-state index contributed by atoms with van der Waals surface area (Å²) >= 11 is 0. The fourth-order valence-electron chi connectivity index (χ4n) is 3.04. The van der Waals surface area contributed by atoms with E-state index in [1.54, 1.807) is 24.3 Å². The van der Waals surface area contributed by atoms with E-state index in [-0.39, 0.29) is 23.0 Å². The zero-order chi connectivity index (χ0) is 23.3. The second-order valence-electron chi connectivity index (χ2n) is 7.15. The second-order valence-corrected chi connectivity index (χ2v) is 7.15. The highest BCUT2D eigenvalue weighted by Crippen LogP contribution is 2.31. The molecule has 0 aliphatic carbocycles. The number of rotatable bonds is 5. The SMILES string of the molecule is OC[C@H]1O[C@@H](Oc2ccc(C#CCC=Cc3ccc(O)c(O)c3)cc2O)[C@H](O)[C@@H](O)[C@@H]1O. The molecular weight excluding hydrogens is 420 g/mol. The average molecular weight is 444 g/mol. The van der Waals surface area contributed by atoms with Gasteiger partial charge in [0.15, 0.2) is 23.0 Å². The maximum atomic E-state index is 10.2. The minimum atomic E-state index is -1.59. The molecule has 1 heterocycles. The quantitative estimate of drug-likeness (QED) is 0.256. The van der Waals surface area contributed by atoms with Crippen molar-refractivity contribution < 1.29 is 45.2 Å². The summed E-state index contributed by atoms with van der Waals surface area (Å²) in [7, 11) is 0. The highest BCUT2D eigenvalue weighted by Gasteiger charge is 2.44. The first-order chi connectivity index (χ1) is 15.3. The summed E-state index contributed by atoms with van der Waals surface area (Å²) in [5, 5.41) is 67.8. The summed E-state index contributed by atoms with van der Waals surface area (Å²) in [5.74, 6) is 5.06. The molecule has 1 saturated heterocycles. The molecule has 0 amide bonds. The van der Waals surface area contributed by atoms with Crippen molar-refractivity contribution in [1.82, 2.24) is 0 Å². The van der Waals surface area contributed by atoms with Gasteiger partial charge in [-0.05, 0) is 35.9 Å². The van der Waals surface area contributed by atoms with Gasteiger partial charge in [0.1, 0.15) is 24.4 Å². The minimum Gasteiger partial charge on any atom is -0.504 e. The summed E-state index contributed by atoms with van der Waals surface area (Å²) in [4.78, 5) is 0. The zero-order valence-corrected chi connectivity index (χ0v) is 16.9. The van der Waals surface area contributed by atoms with Crippen molar-refractivity contribution in [3.63, 3.8) is 0 Å². The largest absolute Gasteiger partial charge is 0.504 e. The van der Waals surface area contributed by atoms with Crippen LogP contribution in [0.4, 0.5) is 0 Å². The highest BCUT2D eigenvalue weighted by atomic mass is 16.7. The molecule has 0 spiro atoms. The minimum absolute atomic E-state index is 0.0353. The number of ether oxygens (including phenoxy) is 2. The molecule has 9 heteroatoms. The van der Waals surface area contributed by atoms with Gasteiger partial charge in [0, 0.05) is 12.0 Å². The first-order valence-corrected chi connectivity index (χ1v) is 9.77. The zero-order valence-electron chi connectivity index (χ0n) is 16.9. The van der Waals surface area contributed by atoms with E-state index in [0.717, 1.165) is 0 Å². The van der Waals surface area contributed by atoms with Crippen LogP contribution >= 0.6 is 0 Å². The molecule has 0 saturated carbocycles. The van der Waals surface area contributed by atoms with E-state index in [9.17, 15) is 35.7 Å². The van der Waals surface area contributed by atoms with Gasteiger partial charge in [-0.3, -0.25) is 0 Å². The number of hydrogen-bond acceptors (Lipinski definition) is 9. The number of benzene rings is 2. The lowest BCUT2D eigenvalue weighted by Gasteiger charge is -2.39. The van der Waals surface area contributed by atoms with Crippen LogP contribution in [0.15, 0.2) is 42.5 Å². The first kappa shape index (κ1) is 23.4. The molecule has 1 aliphatic heterocycles. The molecule has 1 aliphatic rings. The van der Waals surface area contributed by atoms with Crippen LogP contribution in [-0.2, 0) is 4.74 Å². The smallest absolute Gasteiger partial charge is 0.229 e. The first-order valence-electron chi connectivity index (χ1n) is 9.77. The Hall–Kier alpha value is -3.26. The molecule has 7 N–H and O–H groups in total. The Kier molecular flexibility index (Phi) is 7.58. The van der Waals surface area contributed by atoms with Crippen LogP contribution in [0.3, 0.4) is 0 Å². The molecule has 0 aromatic heterocycles. The maximum absolute atomic E-state index is 10.2. The van der Waals surface area contributed by atoms with Crippen LogP contribution in [0.2, 0.25) is 0 Å². The Bertz CT molecular complexity index is 1020. The van der Waals surface area contributed by atoms with E-state index in [2.05, 4.69) is 11.8 Å². The third-order valence-electron chi connectivity index (χ3n) is 4.81. The van der Waals surface area contributed by atoms with Crippen molar-refractivity contribution in [3.05, 3.63) is 53.6 Å². The van der Waals surface area contributed by atoms with Crippen LogP contribution in [0, 0.1) is 11.8 Å². The molecule has 170 valence electrons. The lowest BCUT2D eigenvalue weighted by Crippen LogP contribution is -2.60. The fraction of sp³-hybridized carbons (Fsp3) is 0.304. The van der Waals surface area contributed by atoms with Gasteiger partial charge in [0.2, 0.25) is 6.29 Å². The average Bonchev–Trinajstić information content (AvgIpc) is 2.77. The topological polar surface area (TPSA) is 160 Å². The van der Waals surface area contributed by atoms with Crippen LogP contribution in [0.5, 0.6) is 23.0 Å². The van der Waals surface area contributed by atoms with Crippen LogP contribution in [-0.4, -0.2) is 73.1 Å². The predicted octanol–water partition coefficient (Wildman–Crippen LogP) is 0.437. The second kappa shape index (κ2) is 10.4. The summed E-state index contributed by atoms with van der Waals surface area (Å²) in [5.41, 5.74) is 1.20. The lowest BCUT2D eigenvalue weighted by atomic mass is 9.99. The van der Waals surface area contributed by atoms with E-state index < -0.39 is 37.3 Å². The fourth-order valence-corrected chi connectivity index (χ4v) is 3.04. The van der Waals surface area contributed by atoms with Gasteiger partial charge >= 0.3 is 0 Å². The molecule has 9 nitrogen and oxygen atoms in total. The normalized spacial score (nSPS) is 25.3. The Morgan fingerprint density at radius 1 is 0.906 bits per heavy atom. The van der Waals surface area contributed by atoms with Crippen molar-refractivity contribution >= 4 is 6.08 Å². The van der Waals surface area contributed by atoms with Gasteiger partial charge in [0.25, 0.3) is 0 Å². The van der Waals surface area contributed by atoms with Crippen molar-refractivity contribution in [1.29, 1.82) is 0 Å². The van der Waals surface area contributed by atoms with Gasteiger partial charge < -0.3 is 45.2 Å². The number of aliphatic hydroxyl groups is 4. The van der Waals surface area contributed by atoms with Crippen LogP contribution < -0.4 is 4.74 Å². The van der Waals surface area contributed by atoms with Gasteiger partial charge in [-0.15, -0.1) is 0 Å². The number of aliphatic hydroxyl groups excluding tert-OH is 4. The Morgan fingerprint density at radius 2 is 1.69 bits per heavy atom. The molecular formula is C23H24O9.